The van der Waals surface area contributed by atoms with Crippen molar-refractivity contribution in [2.75, 3.05) is 25.0 Å². The highest BCUT2D eigenvalue weighted by Crippen LogP contribution is 2.15. The molecule has 2 aromatic carbocycles. The van der Waals surface area contributed by atoms with Crippen molar-refractivity contribution in [2.45, 2.75) is 25.8 Å². The van der Waals surface area contributed by atoms with Crippen LogP contribution in [-0.2, 0) is 4.79 Å². The molecule has 2 N–H and O–H groups in total. The molecule has 2 amide bonds. The zero-order chi connectivity index (χ0) is 19.2. The van der Waals surface area contributed by atoms with Crippen molar-refractivity contribution in [1.82, 2.24) is 10.2 Å². The van der Waals surface area contributed by atoms with Gasteiger partial charge in [0, 0.05) is 35.4 Å². The summed E-state index contributed by atoms with van der Waals surface area (Å²) in [4.78, 5) is 26.7. The number of anilines is 1. The second-order valence-electron chi connectivity index (χ2n) is 6.89. The van der Waals surface area contributed by atoms with Crippen LogP contribution in [0.25, 0.3) is 0 Å². The summed E-state index contributed by atoms with van der Waals surface area (Å²) in [5.74, 6) is -0.0632. The van der Waals surface area contributed by atoms with Gasteiger partial charge in [0.05, 0.1) is 6.54 Å². The van der Waals surface area contributed by atoms with Gasteiger partial charge in [0.15, 0.2) is 0 Å². The summed E-state index contributed by atoms with van der Waals surface area (Å²) in [7, 11) is 0. The Balaban J connectivity index is 1.43. The third-order valence-corrected chi connectivity index (χ3v) is 5.06. The van der Waals surface area contributed by atoms with Gasteiger partial charge in [-0.3, -0.25) is 14.5 Å². The molecule has 1 heterocycles. The maximum absolute atomic E-state index is 12.4. The number of hydrogen-bond donors (Lipinski definition) is 2. The molecule has 1 saturated heterocycles. The molecule has 0 saturated carbocycles. The first-order valence-corrected chi connectivity index (χ1v) is 9.53. The third kappa shape index (κ3) is 5.55. The minimum absolute atomic E-state index is 0.0213. The number of aryl methyl sites for hydroxylation is 1. The van der Waals surface area contributed by atoms with E-state index in [1.807, 2.05) is 31.2 Å². The number of likely N-dealkylation sites (tertiary alicyclic amines) is 1. The maximum atomic E-state index is 12.4. The highest BCUT2D eigenvalue weighted by atomic mass is 35.5. The van der Waals surface area contributed by atoms with E-state index in [0.29, 0.717) is 11.6 Å². The molecule has 142 valence electrons. The lowest BCUT2D eigenvalue weighted by molar-refractivity contribution is -0.117. The fraction of sp³-hybridized carbons (Fsp3) is 0.333. The van der Waals surface area contributed by atoms with Gasteiger partial charge in [-0.2, -0.15) is 0 Å². The Morgan fingerprint density at radius 2 is 1.74 bits per heavy atom. The van der Waals surface area contributed by atoms with Gasteiger partial charge < -0.3 is 10.6 Å². The molecule has 0 unspecified atom stereocenters. The normalized spacial score (nSPS) is 15.3. The Bertz CT molecular complexity index is 799. The molecular formula is C21H24ClN3O2. The van der Waals surface area contributed by atoms with Crippen LogP contribution in [0.2, 0.25) is 5.02 Å². The van der Waals surface area contributed by atoms with Gasteiger partial charge in [0.1, 0.15) is 0 Å². The minimum Gasteiger partial charge on any atom is -0.349 e. The number of piperidine rings is 1. The first-order chi connectivity index (χ1) is 13.0. The summed E-state index contributed by atoms with van der Waals surface area (Å²) in [6, 6.07) is 14.8. The van der Waals surface area contributed by atoms with E-state index in [-0.39, 0.29) is 17.9 Å². The highest BCUT2D eigenvalue weighted by Gasteiger charge is 2.22. The van der Waals surface area contributed by atoms with E-state index in [2.05, 4.69) is 15.5 Å². The molecule has 2 aromatic rings. The van der Waals surface area contributed by atoms with Gasteiger partial charge in [-0.25, -0.2) is 0 Å². The monoisotopic (exact) mass is 385 g/mol. The van der Waals surface area contributed by atoms with E-state index >= 15 is 0 Å². The number of benzene rings is 2. The average molecular weight is 386 g/mol. The first kappa shape index (κ1) is 19.4. The summed E-state index contributed by atoms with van der Waals surface area (Å²) >= 11 is 5.85. The van der Waals surface area contributed by atoms with Crippen LogP contribution in [0, 0.1) is 6.92 Å². The van der Waals surface area contributed by atoms with E-state index in [0.717, 1.165) is 42.7 Å². The second kappa shape index (κ2) is 9.02. The Hall–Kier alpha value is -2.37. The SMILES string of the molecule is Cc1ccccc1C(=O)NC1CCN(CC(=O)Nc2ccc(Cl)cc2)CC1. The lowest BCUT2D eigenvalue weighted by Gasteiger charge is -2.32. The van der Waals surface area contributed by atoms with Crippen LogP contribution < -0.4 is 10.6 Å². The molecule has 1 fully saturated rings. The molecule has 0 atom stereocenters. The second-order valence-corrected chi connectivity index (χ2v) is 7.33. The topological polar surface area (TPSA) is 61.4 Å². The average Bonchev–Trinajstić information content (AvgIpc) is 2.65. The van der Waals surface area contributed by atoms with Crippen LogP contribution in [0.5, 0.6) is 0 Å². The molecule has 0 spiro atoms. The smallest absolute Gasteiger partial charge is 0.251 e. The summed E-state index contributed by atoms with van der Waals surface area (Å²) in [6.07, 6.45) is 1.68. The summed E-state index contributed by atoms with van der Waals surface area (Å²) in [6.45, 7) is 3.86. The molecule has 6 heteroatoms. The van der Waals surface area contributed by atoms with Gasteiger partial charge >= 0.3 is 0 Å². The zero-order valence-electron chi connectivity index (χ0n) is 15.4. The minimum atomic E-state index is -0.0419. The highest BCUT2D eigenvalue weighted by molar-refractivity contribution is 6.30. The molecule has 0 aliphatic carbocycles. The number of rotatable bonds is 5. The number of amides is 2. The van der Waals surface area contributed by atoms with Crippen LogP contribution in [0.3, 0.4) is 0 Å². The molecule has 1 aliphatic rings. The Morgan fingerprint density at radius 1 is 1.07 bits per heavy atom. The van der Waals surface area contributed by atoms with E-state index in [1.165, 1.54) is 0 Å². The number of halogens is 1. The van der Waals surface area contributed by atoms with Gasteiger partial charge in [-0.1, -0.05) is 29.8 Å². The number of hydrogen-bond acceptors (Lipinski definition) is 3. The van der Waals surface area contributed by atoms with E-state index in [4.69, 9.17) is 11.6 Å². The number of carbonyl (C=O) groups is 2. The number of nitrogens with zero attached hydrogens (tertiary/aromatic N) is 1. The molecular weight excluding hydrogens is 362 g/mol. The summed E-state index contributed by atoms with van der Waals surface area (Å²) in [5, 5.41) is 6.64. The first-order valence-electron chi connectivity index (χ1n) is 9.15. The Labute approximate surface area is 164 Å². The van der Waals surface area contributed by atoms with Gasteiger partial charge in [0.2, 0.25) is 5.91 Å². The van der Waals surface area contributed by atoms with Crippen molar-refractivity contribution in [1.29, 1.82) is 0 Å². The van der Waals surface area contributed by atoms with Crippen molar-refractivity contribution in [3.8, 4) is 0 Å². The van der Waals surface area contributed by atoms with Crippen molar-refractivity contribution < 1.29 is 9.59 Å². The van der Waals surface area contributed by atoms with Crippen LogP contribution in [0.15, 0.2) is 48.5 Å². The van der Waals surface area contributed by atoms with Crippen LogP contribution in [0.1, 0.15) is 28.8 Å². The molecule has 0 bridgehead atoms. The fourth-order valence-electron chi connectivity index (χ4n) is 3.26. The van der Waals surface area contributed by atoms with E-state index in [9.17, 15) is 9.59 Å². The molecule has 0 radical (unpaired) electrons. The van der Waals surface area contributed by atoms with Crippen molar-refractivity contribution in [3.05, 3.63) is 64.7 Å². The molecule has 0 aromatic heterocycles. The molecule has 27 heavy (non-hydrogen) atoms. The molecule has 5 nitrogen and oxygen atoms in total. The van der Waals surface area contributed by atoms with E-state index < -0.39 is 0 Å². The molecule has 1 aliphatic heterocycles. The third-order valence-electron chi connectivity index (χ3n) is 4.81. The summed E-state index contributed by atoms with van der Waals surface area (Å²) in [5.41, 5.74) is 2.44. The predicted octanol–water partition coefficient (Wildman–Crippen LogP) is 3.48. The van der Waals surface area contributed by atoms with Crippen LogP contribution in [-0.4, -0.2) is 42.4 Å². The predicted molar refractivity (Wildman–Crippen MR) is 108 cm³/mol. The zero-order valence-corrected chi connectivity index (χ0v) is 16.1. The number of nitrogens with one attached hydrogen (secondary N) is 2. The molecule has 3 rings (SSSR count). The Kier molecular flexibility index (Phi) is 6.48. The van der Waals surface area contributed by atoms with Crippen LogP contribution in [0.4, 0.5) is 5.69 Å². The summed E-state index contributed by atoms with van der Waals surface area (Å²) < 4.78 is 0. The van der Waals surface area contributed by atoms with Gasteiger partial charge in [-0.05, 0) is 55.7 Å². The van der Waals surface area contributed by atoms with Crippen molar-refractivity contribution in [3.63, 3.8) is 0 Å². The van der Waals surface area contributed by atoms with Crippen molar-refractivity contribution in [2.24, 2.45) is 0 Å². The maximum Gasteiger partial charge on any atom is 0.251 e. The Morgan fingerprint density at radius 3 is 2.41 bits per heavy atom. The lowest BCUT2D eigenvalue weighted by Crippen LogP contribution is -2.46. The largest absolute Gasteiger partial charge is 0.349 e. The van der Waals surface area contributed by atoms with Crippen molar-refractivity contribution >= 4 is 29.1 Å². The van der Waals surface area contributed by atoms with Gasteiger partial charge in [0.25, 0.3) is 5.91 Å². The van der Waals surface area contributed by atoms with E-state index in [1.54, 1.807) is 24.3 Å². The van der Waals surface area contributed by atoms with Crippen LogP contribution >= 0.6 is 11.6 Å². The van der Waals surface area contributed by atoms with Gasteiger partial charge in [-0.15, -0.1) is 0 Å². The fourth-order valence-corrected chi connectivity index (χ4v) is 3.39. The quantitative estimate of drug-likeness (QED) is 0.828. The number of carbonyl (C=O) groups excluding carboxylic acids is 2. The standard InChI is InChI=1S/C21H24ClN3O2/c1-15-4-2-3-5-19(15)21(27)24-18-10-12-25(13-11-18)14-20(26)23-17-8-6-16(22)7-9-17/h2-9,18H,10-14H2,1H3,(H,23,26)(H,24,27). The lowest BCUT2D eigenvalue weighted by atomic mass is 10.0.